The van der Waals surface area contributed by atoms with Crippen LogP contribution in [0.1, 0.15) is 41.5 Å². The molecule has 1 aliphatic rings. The summed E-state index contributed by atoms with van der Waals surface area (Å²) in [7, 11) is 0. The predicted molar refractivity (Wildman–Crippen MR) is 62.7 cm³/mol. The third kappa shape index (κ3) is 2.94. The average molecular weight is 212 g/mol. The molecule has 3 nitrogen and oxygen atoms in total. The van der Waals surface area contributed by atoms with Gasteiger partial charge in [0.05, 0.1) is 6.04 Å². The Balaban J connectivity index is 2.95. The number of carbonyl (C=O) groups is 1. The fraction of sp³-hybridized carbons (Fsp3) is 0.917. The van der Waals surface area contributed by atoms with E-state index in [4.69, 9.17) is 0 Å². The van der Waals surface area contributed by atoms with Crippen LogP contribution in [0.3, 0.4) is 0 Å². The second-order valence-corrected chi connectivity index (χ2v) is 6.36. The van der Waals surface area contributed by atoms with Gasteiger partial charge in [0.2, 0.25) is 5.91 Å². The number of nitrogens with one attached hydrogen (secondary N) is 1. The summed E-state index contributed by atoms with van der Waals surface area (Å²) < 4.78 is 0. The van der Waals surface area contributed by atoms with E-state index < -0.39 is 0 Å². The maximum atomic E-state index is 12.1. The highest BCUT2D eigenvalue weighted by Crippen LogP contribution is 2.25. The third-order valence-electron chi connectivity index (χ3n) is 2.92. The first kappa shape index (κ1) is 12.5. The van der Waals surface area contributed by atoms with E-state index in [1.54, 1.807) is 0 Å². The number of amides is 1. The minimum absolute atomic E-state index is 0.0639. The predicted octanol–water partition coefficient (Wildman–Crippen LogP) is 1.63. The molecular weight excluding hydrogens is 188 g/mol. The summed E-state index contributed by atoms with van der Waals surface area (Å²) in [6.07, 6.45) is 0. The second-order valence-electron chi connectivity index (χ2n) is 6.36. The summed E-state index contributed by atoms with van der Waals surface area (Å²) in [5, 5.41) is 3.30. The SMILES string of the molecule is CC1NCC(C)(C)CN(C(C)(C)C)C1=O. The molecule has 0 aromatic heterocycles. The van der Waals surface area contributed by atoms with Gasteiger partial charge in [-0.25, -0.2) is 0 Å². The molecule has 3 heteroatoms. The van der Waals surface area contributed by atoms with Crippen LogP contribution in [-0.2, 0) is 4.79 Å². The number of hydrogen-bond acceptors (Lipinski definition) is 2. The summed E-state index contributed by atoms with van der Waals surface area (Å²) in [6.45, 7) is 14.4. The maximum absolute atomic E-state index is 12.1. The molecule has 15 heavy (non-hydrogen) atoms. The van der Waals surface area contributed by atoms with E-state index in [1.165, 1.54) is 0 Å². The van der Waals surface area contributed by atoms with Gasteiger partial charge in [-0.05, 0) is 33.1 Å². The quantitative estimate of drug-likeness (QED) is 0.662. The first-order valence-electron chi connectivity index (χ1n) is 5.68. The van der Waals surface area contributed by atoms with Crippen molar-refractivity contribution in [3.05, 3.63) is 0 Å². The molecule has 1 fully saturated rings. The lowest BCUT2D eigenvalue weighted by atomic mass is 9.91. The van der Waals surface area contributed by atoms with Gasteiger partial charge in [0, 0.05) is 18.6 Å². The van der Waals surface area contributed by atoms with Gasteiger partial charge in [-0.3, -0.25) is 4.79 Å². The number of carbonyl (C=O) groups excluding carboxylic acids is 1. The molecule has 0 spiro atoms. The normalized spacial score (nSPS) is 27.7. The highest BCUT2D eigenvalue weighted by molar-refractivity contribution is 5.82. The standard InChI is InChI=1S/C12H24N2O/c1-9-10(15)14(11(2,3)4)8-12(5,6)7-13-9/h9,13H,7-8H2,1-6H3. The molecule has 0 saturated carbocycles. The Labute approximate surface area is 93.2 Å². The molecule has 0 bridgehead atoms. The van der Waals surface area contributed by atoms with Crippen LogP contribution in [0.5, 0.6) is 0 Å². The van der Waals surface area contributed by atoms with E-state index in [-0.39, 0.29) is 22.9 Å². The Morgan fingerprint density at radius 1 is 1.40 bits per heavy atom. The molecule has 88 valence electrons. The van der Waals surface area contributed by atoms with Crippen LogP contribution in [0.25, 0.3) is 0 Å². The largest absolute Gasteiger partial charge is 0.336 e. The van der Waals surface area contributed by atoms with Crippen molar-refractivity contribution >= 4 is 5.91 Å². The fourth-order valence-electron chi connectivity index (χ4n) is 1.88. The van der Waals surface area contributed by atoms with Gasteiger partial charge < -0.3 is 10.2 Å². The Morgan fingerprint density at radius 3 is 2.40 bits per heavy atom. The van der Waals surface area contributed by atoms with E-state index in [1.807, 2.05) is 11.8 Å². The number of nitrogens with zero attached hydrogens (tertiary/aromatic N) is 1. The molecule has 1 unspecified atom stereocenters. The zero-order valence-electron chi connectivity index (χ0n) is 10.8. The van der Waals surface area contributed by atoms with Gasteiger partial charge in [0.25, 0.3) is 0 Å². The lowest BCUT2D eigenvalue weighted by Gasteiger charge is -2.39. The smallest absolute Gasteiger partial charge is 0.239 e. The van der Waals surface area contributed by atoms with Gasteiger partial charge in [-0.1, -0.05) is 13.8 Å². The highest BCUT2D eigenvalue weighted by Gasteiger charge is 2.37. The zero-order valence-corrected chi connectivity index (χ0v) is 10.8. The number of hydrogen-bond donors (Lipinski definition) is 1. The van der Waals surface area contributed by atoms with Crippen molar-refractivity contribution in [2.24, 2.45) is 5.41 Å². The Morgan fingerprint density at radius 2 is 1.93 bits per heavy atom. The molecule has 1 saturated heterocycles. The highest BCUT2D eigenvalue weighted by atomic mass is 16.2. The van der Waals surface area contributed by atoms with Crippen molar-refractivity contribution in [3.8, 4) is 0 Å². The maximum Gasteiger partial charge on any atom is 0.239 e. The summed E-state index contributed by atoms with van der Waals surface area (Å²) in [5.74, 6) is 0.216. The summed E-state index contributed by atoms with van der Waals surface area (Å²) in [5.41, 5.74) is 0.0579. The molecule has 1 N–H and O–H groups in total. The van der Waals surface area contributed by atoms with Gasteiger partial charge >= 0.3 is 0 Å². The van der Waals surface area contributed by atoms with E-state index >= 15 is 0 Å². The minimum atomic E-state index is -0.0887. The van der Waals surface area contributed by atoms with Gasteiger partial charge in [-0.15, -0.1) is 0 Å². The van der Waals surface area contributed by atoms with Crippen LogP contribution in [-0.4, -0.2) is 35.5 Å². The molecule has 1 heterocycles. The van der Waals surface area contributed by atoms with E-state index in [0.717, 1.165) is 13.1 Å². The van der Waals surface area contributed by atoms with Crippen molar-refractivity contribution in [3.63, 3.8) is 0 Å². The van der Waals surface area contributed by atoms with E-state index in [9.17, 15) is 4.79 Å². The van der Waals surface area contributed by atoms with Crippen molar-refractivity contribution in [1.29, 1.82) is 0 Å². The molecule has 1 rings (SSSR count). The van der Waals surface area contributed by atoms with Crippen LogP contribution < -0.4 is 5.32 Å². The molecule has 1 amide bonds. The fourth-order valence-corrected chi connectivity index (χ4v) is 1.88. The lowest BCUT2D eigenvalue weighted by Crippen LogP contribution is -2.51. The Kier molecular flexibility index (Phi) is 3.15. The van der Waals surface area contributed by atoms with Crippen LogP contribution >= 0.6 is 0 Å². The van der Waals surface area contributed by atoms with Crippen LogP contribution in [0.15, 0.2) is 0 Å². The van der Waals surface area contributed by atoms with Crippen LogP contribution in [0, 0.1) is 5.41 Å². The zero-order chi connectivity index (χ0) is 11.9. The Bertz CT molecular complexity index is 253. The molecule has 1 atom stereocenters. The van der Waals surface area contributed by atoms with E-state index in [0.29, 0.717) is 0 Å². The number of rotatable bonds is 0. The topological polar surface area (TPSA) is 32.3 Å². The molecule has 1 aliphatic heterocycles. The average Bonchev–Trinajstić information content (AvgIpc) is 2.15. The third-order valence-corrected chi connectivity index (χ3v) is 2.92. The first-order chi connectivity index (χ1) is 6.63. The van der Waals surface area contributed by atoms with Crippen molar-refractivity contribution in [2.45, 2.75) is 53.1 Å². The minimum Gasteiger partial charge on any atom is -0.336 e. The molecular formula is C12H24N2O. The second kappa shape index (κ2) is 3.78. The first-order valence-corrected chi connectivity index (χ1v) is 5.68. The van der Waals surface area contributed by atoms with Gasteiger partial charge in [0.15, 0.2) is 0 Å². The van der Waals surface area contributed by atoms with Gasteiger partial charge in [0.1, 0.15) is 0 Å². The van der Waals surface area contributed by atoms with Crippen LogP contribution in [0.4, 0.5) is 0 Å². The lowest BCUT2D eigenvalue weighted by molar-refractivity contribution is -0.137. The van der Waals surface area contributed by atoms with Crippen molar-refractivity contribution in [2.75, 3.05) is 13.1 Å². The molecule has 0 aromatic carbocycles. The Hall–Kier alpha value is -0.570. The van der Waals surface area contributed by atoms with Crippen LogP contribution in [0.2, 0.25) is 0 Å². The summed E-state index contributed by atoms with van der Waals surface area (Å²) in [6, 6.07) is -0.0639. The van der Waals surface area contributed by atoms with Crippen molar-refractivity contribution in [1.82, 2.24) is 10.2 Å². The van der Waals surface area contributed by atoms with Gasteiger partial charge in [-0.2, -0.15) is 0 Å². The molecule has 0 aliphatic carbocycles. The summed E-state index contributed by atoms with van der Waals surface area (Å²) in [4.78, 5) is 14.1. The summed E-state index contributed by atoms with van der Waals surface area (Å²) >= 11 is 0. The molecule has 0 aromatic rings. The monoisotopic (exact) mass is 212 g/mol. The molecule has 0 radical (unpaired) electrons. The van der Waals surface area contributed by atoms with E-state index in [2.05, 4.69) is 39.9 Å². The van der Waals surface area contributed by atoms with Crippen molar-refractivity contribution < 1.29 is 4.79 Å².